The average Bonchev–Trinajstić information content (AvgIpc) is 1.67. The largest absolute Gasteiger partial charge is 0.297 e. The van der Waals surface area contributed by atoms with Crippen molar-refractivity contribution in [1.82, 2.24) is 9.80 Å². The van der Waals surface area contributed by atoms with Crippen LogP contribution in [0.3, 0.4) is 0 Å². The number of hydrogen-bond donors (Lipinski definition) is 0. The van der Waals surface area contributed by atoms with E-state index in [1.807, 2.05) is 94.1 Å². The third kappa shape index (κ3) is 26.1. The molecule has 0 spiro atoms. The fourth-order valence-electron chi connectivity index (χ4n) is 8.38. The van der Waals surface area contributed by atoms with Gasteiger partial charge in [0.15, 0.2) is 0 Å². The maximum absolute atomic E-state index is 8.63. The molecule has 0 radical (unpaired) electrons. The predicted molar refractivity (Wildman–Crippen MR) is 415 cm³/mol. The second kappa shape index (κ2) is 45.8. The maximum Gasteiger partial charge on any atom is 0.136 e. The lowest BCUT2D eigenvalue weighted by Crippen LogP contribution is -2.19. The molecule has 0 aliphatic carbocycles. The number of nitriles is 16. The van der Waals surface area contributed by atoms with Gasteiger partial charge in [-0.05, 0) is 57.7 Å². The molecule has 0 aromatic heterocycles. The van der Waals surface area contributed by atoms with Gasteiger partial charge in [0.05, 0.1) is 16.9 Å². The van der Waals surface area contributed by atoms with E-state index < -0.39 is 0 Å². The Bertz CT molecular complexity index is 4680. The highest BCUT2D eigenvalue weighted by Crippen LogP contribution is 2.54. The van der Waals surface area contributed by atoms with Gasteiger partial charge in [-0.25, -0.2) is 0 Å². The Hall–Kier alpha value is -12.7. The summed E-state index contributed by atoms with van der Waals surface area (Å²) in [5.41, 5.74) is 2.76. The first-order chi connectivity index (χ1) is 50.7. The van der Waals surface area contributed by atoms with Crippen molar-refractivity contribution in [3.63, 3.8) is 0 Å². The molecule has 18 nitrogen and oxygen atoms in total. The monoisotopic (exact) mass is 1490 g/mol. The van der Waals surface area contributed by atoms with Gasteiger partial charge in [0.2, 0.25) is 0 Å². The number of rotatable bonds is 8. The van der Waals surface area contributed by atoms with E-state index in [2.05, 4.69) is 117 Å². The summed E-state index contributed by atoms with van der Waals surface area (Å²) < 4.78 is 5.73. The Morgan fingerprint density at radius 2 is 0.423 bits per heavy atom. The minimum Gasteiger partial charge on any atom is -0.297 e. The van der Waals surface area contributed by atoms with Gasteiger partial charge < -0.3 is 0 Å². The van der Waals surface area contributed by atoms with E-state index in [4.69, 9.17) is 84.2 Å². The van der Waals surface area contributed by atoms with Gasteiger partial charge in [0, 0.05) is 77.7 Å². The number of likely N-dealkylation sites (N-methyl/N-ethyl adjacent to an activating group) is 2. The summed E-state index contributed by atoms with van der Waals surface area (Å²) in [6.07, 6.45) is 0. The van der Waals surface area contributed by atoms with Gasteiger partial charge in [0.25, 0.3) is 0 Å². The molecule has 104 heavy (non-hydrogen) atoms. The van der Waals surface area contributed by atoms with E-state index in [0.717, 1.165) is 26.2 Å². The lowest BCUT2D eigenvalue weighted by atomic mass is 10.1. The van der Waals surface area contributed by atoms with E-state index in [0.29, 0.717) is 41.7 Å². The van der Waals surface area contributed by atoms with Crippen LogP contribution < -0.4 is 41.7 Å². The quantitative estimate of drug-likeness (QED) is 0.137. The highest BCUT2D eigenvalue weighted by Gasteiger charge is 2.21. The van der Waals surface area contributed by atoms with Crippen molar-refractivity contribution in [3.05, 3.63) is 270 Å². The van der Waals surface area contributed by atoms with Crippen LogP contribution in [0.4, 0.5) is 0 Å². The highest BCUT2D eigenvalue weighted by molar-refractivity contribution is 8.34. The topological polar surface area (TPSA) is 387 Å². The molecule has 0 unspecified atom stereocenters. The van der Waals surface area contributed by atoms with Crippen molar-refractivity contribution in [3.8, 4) is 97.1 Å². The number of hydrogen-bond acceptors (Lipinski definition) is 26. The molecule has 0 N–H and O–H groups in total. The van der Waals surface area contributed by atoms with Crippen molar-refractivity contribution in [2.75, 3.05) is 27.2 Å². The minimum absolute atomic E-state index is 0.00187. The van der Waals surface area contributed by atoms with Crippen molar-refractivity contribution in [2.24, 2.45) is 0 Å². The first-order valence-corrected chi connectivity index (χ1v) is 36.4. The van der Waals surface area contributed by atoms with E-state index in [1.165, 1.54) is 135 Å². The molecule has 0 fully saturated rings. The van der Waals surface area contributed by atoms with Crippen LogP contribution in [0, 0.1) is 181 Å². The van der Waals surface area contributed by atoms with Gasteiger partial charge in [-0.2, -0.15) is 84.2 Å². The summed E-state index contributed by atoms with van der Waals surface area (Å²) in [6, 6.07) is 74.1. The third-order valence-corrected chi connectivity index (χ3v) is 23.4. The zero-order valence-corrected chi connectivity index (χ0v) is 61.2. The number of thioether (sulfide) groups is 8. The number of nitrogens with zero attached hydrogens (tertiary/aromatic N) is 18. The molecule has 496 valence electrons. The second-order valence-corrected chi connectivity index (χ2v) is 28.9. The molecule has 26 heteroatoms. The van der Waals surface area contributed by atoms with Gasteiger partial charge >= 0.3 is 0 Å². The van der Waals surface area contributed by atoms with Crippen LogP contribution in [0.1, 0.15) is 11.1 Å². The fourth-order valence-corrected chi connectivity index (χ4v) is 17.5. The summed E-state index contributed by atoms with van der Waals surface area (Å²) in [6.45, 7) is 4.04. The summed E-state index contributed by atoms with van der Waals surface area (Å²) >= 11 is 14.9. The minimum atomic E-state index is 0.00187. The van der Waals surface area contributed by atoms with Gasteiger partial charge in [0.1, 0.15) is 142 Å². The molecule has 4 aliphatic rings. The first-order valence-electron chi connectivity index (χ1n) is 29.5. The van der Waals surface area contributed by atoms with Crippen molar-refractivity contribution >= 4 is 139 Å². The lowest BCUT2D eigenvalue weighted by Gasteiger charge is -2.16. The van der Waals surface area contributed by atoms with Crippen LogP contribution in [0.15, 0.2) is 217 Å². The molecular weight excluding hydrogens is 1450 g/mol. The van der Waals surface area contributed by atoms with E-state index >= 15 is 0 Å². The van der Waals surface area contributed by atoms with Gasteiger partial charge in [-0.3, -0.25) is 9.80 Å². The van der Waals surface area contributed by atoms with Crippen LogP contribution in [-0.2, 0) is 13.1 Å². The Balaban J connectivity index is 0.000000225. The molecule has 4 aliphatic heterocycles. The van der Waals surface area contributed by atoms with Crippen LogP contribution >= 0.6 is 94.1 Å². The molecule has 0 saturated carbocycles. The van der Waals surface area contributed by atoms with E-state index in [9.17, 15) is 0 Å². The molecular formula is C78H46N18S8. The molecule has 0 saturated heterocycles. The first kappa shape index (κ1) is 82.0. The zero-order chi connectivity index (χ0) is 75.4. The smallest absolute Gasteiger partial charge is 0.136 e. The number of benzene rings is 6. The molecule has 0 atom stereocenters. The Labute approximate surface area is 634 Å². The van der Waals surface area contributed by atoms with E-state index in [-0.39, 0.29) is 44.6 Å². The Kier molecular flexibility index (Phi) is 36.1. The fraction of sp³-hybridized carbons (Fsp3) is 0.0769. The van der Waals surface area contributed by atoms with Crippen molar-refractivity contribution in [1.29, 1.82) is 84.2 Å². The average molecular weight is 1490 g/mol. The highest BCUT2D eigenvalue weighted by atomic mass is 32.2. The summed E-state index contributed by atoms with van der Waals surface area (Å²) in [7, 11) is 4.37. The van der Waals surface area contributed by atoms with Crippen molar-refractivity contribution in [2.45, 2.75) is 13.1 Å². The third-order valence-electron chi connectivity index (χ3n) is 13.3. The van der Waals surface area contributed by atoms with Crippen molar-refractivity contribution < 1.29 is 0 Å². The van der Waals surface area contributed by atoms with E-state index in [1.54, 1.807) is 97.1 Å². The SMILES string of the molecule is CN(CC1=CSC(=C2SC=CS2)S1)Cc1ccccc1.CN(CC1=CSC(=C2SC=CS2)S1)Cc1ccccc1.N#CC(C#N)=c1ccc(=C(C#N)C#N)cc1.N#CC(C#N)=c1ccc(=C(C#N)C#N)cc1.N#CC(C#N)=c1ccc(=C(C#N)C#N)cc1.N#CC(C#N)=c1ccc(=C(C#N)C#N)cc1. The van der Waals surface area contributed by atoms with Gasteiger partial charge in [-0.1, -0.05) is 252 Å². The van der Waals surface area contributed by atoms with Gasteiger partial charge in [-0.15, -0.1) is 0 Å². The zero-order valence-electron chi connectivity index (χ0n) is 54.6. The molecule has 0 amide bonds. The molecule has 4 heterocycles. The van der Waals surface area contributed by atoms with Crippen LogP contribution in [0.25, 0.3) is 44.6 Å². The molecule has 6 aromatic carbocycles. The Morgan fingerprint density at radius 3 is 0.596 bits per heavy atom. The van der Waals surface area contributed by atoms with Crippen LogP contribution in [-0.4, -0.2) is 37.0 Å². The van der Waals surface area contributed by atoms with Crippen LogP contribution in [0.5, 0.6) is 0 Å². The maximum atomic E-state index is 8.63. The second-order valence-electron chi connectivity index (χ2n) is 20.2. The predicted octanol–water partition coefficient (Wildman–Crippen LogP) is 11.4. The standard InChI is InChI=1S/2C15H15NS4.4C12H4N4/c2*1-16(9-12-5-3-2-4-6-12)10-13-11-19-15(20-13)14-17-7-8-18-14;4*13-5-11(6-14)9-1-2-10(4-3-9)12(7-15)8-16/h2*2-8,11H,9-10H2,1H3;4*1-4H. The summed E-state index contributed by atoms with van der Waals surface area (Å²) in [5.74, 6) is 0. The lowest BCUT2D eigenvalue weighted by molar-refractivity contribution is 0.361. The summed E-state index contributed by atoms with van der Waals surface area (Å²) in [4.78, 5) is 7.64. The summed E-state index contributed by atoms with van der Waals surface area (Å²) in [5, 5.41) is 155. The molecule has 10 rings (SSSR count). The Morgan fingerprint density at radius 1 is 0.240 bits per heavy atom. The molecule has 6 aromatic rings. The normalized spacial score (nSPS) is 11.8. The van der Waals surface area contributed by atoms with Crippen LogP contribution in [0.2, 0.25) is 0 Å². The molecule has 0 bridgehead atoms.